The zero-order chi connectivity index (χ0) is 25.9. The molecular weight excluding hydrogens is 456 g/mol. The van der Waals surface area contributed by atoms with Crippen molar-refractivity contribution in [3.63, 3.8) is 0 Å². The third-order valence-electron chi connectivity index (χ3n) is 8.93. The van der Waals surface area contributed by atoms with E-state index in [9.17, 15) is 4.79 Å². The van der Waals surface area contributed by atoms with E-state index >= 15 is 0 Å². The number of benzene rings is 1. The molecule has 0 saturated heterocycles. The van der Waals surface area contributed by atoms with E-state index < -0.39 is 0 Å². The fourth-order valence-corrected chi connectivity index (χ4v) is 6.41. The lowest BCUT2D eigenvalue weighted by Crippen LogP contribution is -2.25. The summed E-state index contributed by atoms with van der Waals surface area (Å²) < 4.78 is 5.74. The largest absolute Gasteiger partial charge is 0.426 e. The van der Waals surface area contributed by atoms with Gasteiger partial charge in [-0.25, -0.2) is 9.97 Å². The topological polar surface area (TPSA) is 52.1 Å². The van der Waals surface area contributed by atoms with Crippen LogP contribution in [0.5, 0.6) is 5.75 Å². The summed E-state index contributed by atoms with van der Waals surface area (Å²) in [5, 5.41) is 0. The van der Waals surface area contributed by atoms with Crippen molar-refractivity contribution in [1.82, 2.24) is 9.97 Å². The fourth-order valence-electron chi connectivity index (χ4n) is 6.41. The van der Waals surface area contributed by atoms with Crippen molar-refractivity contribution >= 4 is 5.97 Å². The number of rotatable bonds is 12. The molecule has 1 aromatic carbocycles. The first-order valence-electron chi connectivity index (χ1n) is 15.3. The maximum absolute atomic E-state index is 12.7. The van der Waals surface area contributed by atoms with Crippen molar-refractivity contribution in [1.29, 1.82) is 0 Å². The number of carbonyl (C=O) groups is 1. The van der Waals surface area contributed by atoms with Crippen molar-refractivity contribution in [3.05, 3.63) is 42.2 Å². The van der Waals surface area contributed by atoms with Crippen LogP contribution >= 0.6 is 0 Å². The van der Waals surface area contributed by atoms with E-state index in [1.54, 1.807) is 0 Å². The number of nitrogens with zero attached hydrogens (tertiary/aromatic N) is 2. The number of unbranched alkanes of at least 4 members (excludes halogenated alkanes) is 4. The molecule has 37 heavy (non-hydrogen) atoms. The molecule has 4 heteroatoms. The minimum atomic E-state index is -0.0690. The molecule has 2 aliphatic carbocycles. The first-order valence-corrected chi connectivity index (χ1v) is 15.3. The Morgan fingerprint density at radius 3 is 1.84 bits per heavy atom. The number of ether oxygens (including phenoxy) is 1. The summed E-state index contributed by atoms with van der Waals surface area (Å²) in [7, 11) is 0. The average Bonchev–Trinajstić information content (AvgIpc) is 2.95. The van der Waals surface area contributed by atoms with Gasteiger partial charge in [0.2, 0.25) is 0 Å². The summed E-state index contributed by atoms with van der Waals surface area (Å²) in [6.45, 7) is 4.54. The van der Waals surface area contributed by atoms with E-state index in [0.717, 1.165) is 48.9 Å². The highest BCUT2D eigenvalue weighted by Gasteiger charge is 2.27. The van der Waals surface area contributed by atoms with Crippen molar-refractivity contribution in [2.24, 2.45) is 17.8 Å². The molecule has 2 saturated carbocycles. The van der Waals surface area contributed by atoms with Gasteiger partial charge in [0, 0.05) is 18.0 Å². The van der Waals surface area contributed by atoms with E-state index in [4.69, 9.17) is 4.74 Å². The monoisotopic (exact) mass is 504 g/mol. The first kappa shape index (κ1) is 27.8. The second kappa shape index (κ2) is 14.6. The summed E-state index contributed by atoms with van der Waals surface area (Å²) in [4.78, 5) is 22.1. The molecule has 1 heterocycles. The summed E-state index contributed by atoms with van der Waals surface area (Å²) in [6.07, 6.45) is 24.3. The normalized spacial score (nSPS) is 24.1. The molecule has 2 aromatic rings. The number of carbonyl (C=O) groups excluding carboxylic acids is 1. The predicted molar refractivity (Wildman–Crippen MR) is 152 cm³/mol. The van der Waals surface area contributed by atoms with Crippen molar-refractivity contribution < 1.29 is 9.53 Å². The third-order valence-corrected chi connectivity index (χ3v) is 8.93. The predicted octanol–water partition coefficient (Wildman–Crippen LogP) is 9.29. The highest BCUT2D eigenvalue weighted by Crippen LogP contribution is 2.38. The van der Waals surface area contributed by atoms with Crippen molar-refractivity contribution in [2.45, 2.75) is 122 Å². The third kappa shape index (κ3) is 8.38. The number of hydrogen-bond acceptors (Lipinski definition) is 4. The molecular formula is C33H48N2O2. The van der Waals surface area contributed by atoms with Gasteiger partial charge in [-0.2, -0.15) is 0 Å². The van der Waals surface area contributed by atoms with Gasteiger partial charge in [0.25, 0.3) is 0 Å². The van der Waals surface area contributed by atoms with Gasteiger partial charge in [-0.15, -0.1) is 0 Å². The molecule has 4 rings (SSSR count). The molecule has 202 valence electrons. The van der Waals surface area contributed by atoms with Crippen LogP contribution in [0.15, 0.2) is 36.7 Å². The fraction of sp³-hybridized carbons (Fsp3) is 0.667. The van der Waals surface area contributed by atoms with E-state index in [1.807, 2.05) is 36.7 Å². The van der Waals surface area contributed by atoms with Gasteiger partial charge in [0.1, 0.15) is 5.75 Å². The van der Waals surface area contributed by atoms with Crippen LogP contribution in [0, 0.1) is 17.8 Å². The minimum Gasteiger partial charge on any atom is -0.426 e. The number of hydrogen-bond donors (Lipinski definition) is 0. The van der Waals surface area contributed by atoms with Crippen molar-refractivity contribution in [2.75, 3.05) is 0 Å². The Morgan fingerprint density at radius 1 is 0.757 bits per heavy atom. The Hall–Kier alpha value is -2.23. The van der Waals surface area contributed by atoms with Gasteiger partial charge in [0.05, 0.1) is 5.92 Å². The van der Waals surface area contributed by atoms with Gasteiger partial charge in [-0.3, -0.25) is 4.79 Å². The Bertz CT molecular complexity index is 924. The molecule has 0 bridgehead atoms. The minimum absolute atomic E-state index is 0.0457. The molecule has 1 aromatic heterocycles. The molecule has 0 atom stereocenters. The lowest BCUT2D eigenvalue weighted by atomic mass is 9.77. The summed E-state index contributed by atoms with van der Waals surface area (Å²) in [5.41, 5.74) is 2.24. The van der Waals surface area contributed by atoms with Gasteiger partial charge in [0.15, 0.2) is 5.82 Å². The lowest BCUT2D eigenvalue weighted by molar-refractivity contribution is -0.140. The van der Waals surface area contributed by atoms with Crippen LogP contribution in [0.4, 0.5) is 0 Å². The second-order valence-corrected chi connectivity index (χ2v) is 11.7. The van der Waals surface area contributed by atoms with Crippen LogP contribution in [0.25, 0.3) is 11.4 Å². The number of aromatic nitrogens is 2. The van der Waals surface area contributed by atoms with Crippen LogP contribution in [0.1, 0.15) is 128 Å². The highest BCUT2D eigenvalue weighted by molar-refractivity contribution is 5.75. The van der Waals surface area contributed by atoms with E-state index in [2.05, 4.69) is 23.8 Å². The maximum Gasteiger partial charge on any atom is 0.314 e. The molecule has 0 unspecified atom stereocenters. The summed E-state index contributed by atoms with van der Waals surface area (Å²) >= 11 is 0. The second-order valence-electron chi connectivity index (χ2n) is 11.7. The Kier molecular flexibility index (Phi) is 11.0. The molecule has 2 aliphatic rings. The van der Waals surface area contributed by atoms with Crippen LogP contribution in [-0.4, -0.2) is 15.9 Å². The quantitative estimate of drug-likeness (QED) is 0.164. The first-order chi connectivity index (χ1) is 18.2. The lowest BCUT2D eigenvalue weighted by Gasteiger charge is -2.28. The van der Waals surface area contributed by atoms with Crippen LogP contribution < -0.4 is 4.74 Å². The summed E-state index contributed by atoms with van der Waals surface area (Å²) in [6, 6.07) is 7.68. The van der Waals surface area contributed by atoms with Gasteiger partial charge < -0.3 is 4.74 Å². The van der Waals surface area contributed by atoms with Gasteiger partial charge >= 0.3 is 5.97 Å². The van der Waals surface area contributed by atoms with Crippen LogP contribution in [0.2, 0.25) is 0 Å². The smallest absolute Gasteiger partial charge is 0.314 e. The Balaban J connectivity index is 1.22. The summed E-state index contributed by atoms with van der Waals surface area (Å²) in [5.74, 6) is 3.64. The zero-order valence-electron chi connectivity index (χ0n) is 23.3. The molecule has 0 spiro atoms. The molecule has 0 aliphatic heterocycles. The highest BCUT2D eigenvalue weighted by atomic mass is 16.5. The standard InChI is InChI=1S/C33H48N2O2/c1-3-5-7-9-25-11-15-27(16-12-25)30-23-34-32(35-24-30)28-19-21-31(22-20-28)37-33(36)29-17-13-26(14-18-29)10-8-6-4-2/h19-27,29H,3-18H2,1-2H3. The van der Waals surface area contributed by atoms with E-state index in [1.165, 1.54) is 82.6 Å². The molecule has 0 radical (unpaired) electrons. The zero-order valence-corrected chi connectivity index (χ0v) is 23.3. The van der Waals surface area contributed by atoms with Crippen molar-refractivity contribution in [3.8, 4) is 17.1 Å². The van der Waals surface area contributed by atoms with E-state index in [-0.39, 0.29) is 11.9 Å². The average molecular weight is 505 g/mol. The van der Waals surface area contributed by atoms with Gasteiger partial charge in [-0.05, 0) is 98.9 Å². The Morgan fingerprint density at radius 2 is 1.30 bits per heavy atom. The number of esters is 1. The Labute approximate surface area is 225 Å². The molecule has 2 fully saturated rings. The molecule has 0 N–H and O–H groups in total. The molecule has 0 amide bonds. The molecule has 4 nitrogen and oxygen atoms in total. The maximum atomic E-state index is 12.7. The van der Waals surface area contributed by atoms with Crippen LogP contribution in [0.3, 0.4) is 0 Å². The SMILES string of the molecule is CCCCCC1CCC(C(=O)Oc2ccc(-c3ncc(C4CCC(CCCCC)CC4)cn3)cc2)CC1. The van der Waals surface area contributed by atoms with Crippen LogP contribution in [-0.2, 0) is 4.79 Å². The van der Waals surface area contributed by atoms with Gasteiger partial charge in [-0.1, -0.05) is 65.2 Å². The van der Waals surface area contributed by atoms with E-state index in [0.29, 0.717) is 11.7 Å².